The number of amidine groups is 1. The highest BCUT2D eigenvalue weighted by Crippen LogP contribution is 2.44. The van der Waals surface area contributed by atoms with Crippen LogP contribution in [-0.2, 0) is 6.54 Å². The van der Waals surface area contributed by atoms with Crippen molar-refractivity contribution in [1.82, 2.24) is 9.80 Å². The zero-order chi connectivity index (χ0) is 22.0. The number of fused-ring (bicyclic) bond motifs is 1. The standard InChI is InChI=1S/C24H31Cl2N5/c1-29(2)13-14-31-22-16-20(26)19(25)15-21(22)28-24(9-11-30(3)12-10-24)23(31)27-17-18-7-5-4-6-8-18/h4-8,15-16,28H,9-14,17H2,1-3H3/b27-23+. The van der Waals surface area contributed by atoms with Crippen molar-refractivity contribution in [2.75, 3.05) is 57.5 Å². The molecule has 0 radical (unpaired) electrons. The molecule has 2 aliphatic heterocycles. The van der Waals surface area contributed by atoms with Gasteiger partial charge in [0, 0.05) is 26.2 Å². The number of likely N-dealkylation sites (N-methyl/N-ethyl adjacent to an activating group) is 1. The summed E-state index contributed by atoms with van der Waals surface area (Å²) in [5.74, 6) is 1.11. The van der Waals surface area contributed by atoms with E-state index in [2.05, 4.69) is 65.4 Å². The molecule has 0 atom stereocenters. The summed E-state index contributed by atoms with van der Waals surface area (Å²) in [6.45, 7) is 4.46. The number of benzene rings is 2. The van der Waals surface area contributed by atoms with Crippen LogP contribution in [-0.4, -0.2) is 68.5 Å². The molecule has 0 saturated carbocycles. The quantitative estimate of drug-likeness (QED) is 0.692. The fraction of sp³-hybridized carbons (Fsp3) is 0.458. The highest BCUT2D eigenvalue weighted by molar-refractivity contribution is 6.42. The molecular formula is C24H31Cl2N5. The summed E-state index contributed by atoms with van der Waals surface area (Å²) in [5.41, 5.74) is 3.09. The Morgan fingerprint density at radius 1 is 1.06 bits per heavy atom. The van der Waals surface area contributed by atoms with Crippen molar-refractivity contribution in [1.29, 1.82) is 0 Å². The van der Waals surface area contributed by atoms with E-state index in [-0.39, 0.29) is 5.54 Å². The van der Waals surface area contributed by atoms with Crippen LogP contribution in [0.4, 0.5) is 11.4 Å². The van der Waals surface area contributed by atoms with E-state index in [4.69, 9.17) is 28.2 Å². The number of hydrogen-bond donors (Lipinski definition) is 1. The number of likely N-dealkylation sites (tertiary alicyclic amines) is 1. The van der Waals surface area contributed by atoms with Gasteiger partial charge in [0.05, 0.1) is 33.5 Å². The second kappa shape index (κ2) is 9.37. The molecule has 1 saturated heterocycles. The van der Waals surface area contributed by atoms with Crippen LogP contribution in [0.25, 0.3) is 0 Å². The molecule has 5 nitrogen and oxygen atoms in total. The Balaban J connectivity index is 1.80. The summed E-state index contributed by atoms with van der Waals surface area (Å²) in [7, 11) is 6.39. The summed E-state index contributed by atoms with van der Waals surface area (Å²) in [5, 5.41) is 4.99. The van der Waals surface area contributed by atoms with Crippen LogP contribution in [0.2, 0.25) is 10.0 Å². The Kier molecular flexibility index (Phi) is 6.77. The molecule has 2 aromatic rings. The van der Waals surface area contributed by atoms with Crippen LogP contribution in [0.3, 0.4) is 0 Å². The summed E-state index contributed by atoms with van der Waals surface area (Å²) < 4.78 is 0. The summed E-state index contributed by atoms with van der Waals surface area (Å²) in [4.78, 5) is 12.2. The van der Waals surface area contributed by atoms with Crippen molar-refractivity contribution >= 4 is 40.4 Å². The van der Waals surface area contributed by atoms with Crippen LogP contribution in [0.5, 0.6) is 0 Å². The second-order valence-electron chi connectivity index (χ2n) is 8.87. The number of aliphatic imine (C=N–C) groups is 1. The fourth-order valence-electron chi connectivity index (χ4n) is 4.41. The van der Waals surface area contributed by atoms with E-state index in [0.717, 1.165) is 56.2 Å². The lowest BCUT2D eigenvalue weighted by Gasteiger charge is -2.50. The van der Waals surface area contributed by atoms with E-state index in [1.807, 2.05) is 18.2 Å². The van der Waals surface area contributed by atoms with Gasteiger partial charge >= 0.3 is 0 Å². The lowest BCUT2D eigenvalue weighted by atomic mass is 9.83. The normalized spacial score (nSPS) is 19.7. The summed E-state index contributed by atoms with van der Waals surface area (Å²) in [6.07, 6.45) is 1.99. The number of piperidine rings is 1. The van der Waals surface area contributed by atoms with E-state index in [0.29, 0.717) is 16.6 Å². The molecule has 2 heterocycles. The molecule has 0 amide bonds. The molecule has 166 valence electrons. The van der Waals surface area contributed by atoms with Crippen LogP contribution < -0.4 is 10.2 Å². The molecule has 0 aromatic heterocycles. The number of halogens is 2. The lowest BCUT2D eigenvalue weighted by molar-refractivity contribution is 0.238. The van der Waals surface area contributed by atoms with Crippen molar-refractivity contribution in [3.05, 3.63) is 58.1 Å². The fourth-order valence-corrected chi connectivity index (χ4v) is 4.73. The van der Waals surface area contributed by atoms with Gasteiger partial charge in [-0.25, -0.2) is 0 Å². The van der Waals surface area contributed by atoms with Crippen molar-refractivity contribution in [2.45, 2.75) is 24.9 Å². The van der Waals surface area contributed by atoms with E-state index >= 15 is 0 Å². The van der Waals surface area contributed by atoms with Gasteiger partial charge in [-0.1, -0.05) is 53.5 Å². The summed E-state index contributed by atoms with van der Waals surface area (Å²) >= 11 is 12.9. The van der Waals surface area contributed by atoms with Gasteiger partial charge in [-0.05, 0) is 51.7 Å². The van der Waals surface area contributed by atoms with Crippen LogP contribution >= 0.6 is 23.2 Å². The first-order valence-electron chi connectivity index (χ1n) is 10.8. The van der Waals surface area contributed by atoms with Crippen LogP contribution in [0.1, 0.15) is 18.4 Å². The Morgan fingerprint density at radius 2 is 1.74 bits per heavy atom. The van der Waals surface area contributed by atoms with Crippen molar-refractivity contribution in [3.8, 4) is 0 Å². The SMILES string of the molecule is CN(C)CCN1/C(=N/Cc2ccccc2)C2(CCN(C)CC2)Nc2cc(Cl)c(Cl)cc21. The third kappa shape index (κ3) is 4.85. The van der Waals surface area contributed by atoms with E-state index in [1.54, 1.807) is 0 Å². The van der Waals surface area contributed by atoms with Gasteiger partial charge in [-0.2, -0.15) is 0 Å². The van der Waals surface area contributed by atoms with Gasteiger partial charge in [-0.15, -0.1) is 0 Å². The number of rotatable bonds is 5. The average molecular weight is 460 g/mol. The first-order valence-corrected chi connectivity index (χ1v) is 11.6. The largest absolute Gasteiger partial charge is 0.371 e. The molecule has 1 spiro atoms. The Hall–Kier alpha value is -1.79. The minimum atomic E-state index is -0.211. The lowest BCUT2D eigenvalue weighted by Crippen LogP contribution is -2.62. The van der Waals surface area contributed by atoms with Crippen molar-refractivity contribution in [3.63, 3.8) is 0 Å². The topological polar surface area (TPSA) is 34.1 Å². The minimum Gasteiger partial charge on any atom is -0.371 e. The molecule has 1 fully saturated rings. The molecular weight excluding hydrogens is 429 g/mol. The summed E-state index contributed by atoms with van der Waals surface area (Å²) in [6, 6.07) is 14.4. The highest BCUT2D eigenvalue weighted by Gasteiger charge is 2.45. The van der Waals surface area contributed by atoms with E-state index in [1.165, 1.54) is 5.56 Å². The maximum atomic E-state index is 6.45. The third-order valence-corrected chi connectivity index (χ3v) is 6.97. The smallest absolute Gasteiger partial charge is 0.130 e. The van der Waals surface area contributed by atoms with Crippen LogP contribution in [0.15, 0.2) is 47.5 Å². The molecule has 0 bridgehead atoms. The monoisotopic (exact) mass is 459 g/mol. The maximum absolute atomic E-state index is 6.45. The number of nitrogens with zero attached hydrogens (tertiary/aromatic N) is 4. The van der Waals surface area contributed by atoms with Gasteiger partial charge in [0.1, 0.15) is 5.84 Å². The zero-order valence-electron chi connectivity index (χ0n) is 18.5. The van der Waals surface area contributed by atoms with Crippen molar-refractivity contribution < 1.29 is 0 Å². The van der Waals surface area contributed by atoms with E-state index in [9.17, 15) is 0 Å². The molecule has 2 aromatic carbocycles. The molecule has 31 heavy (non-hydrogen) atoms. The molecule has 1 N–H and O–H groups in total. The highest BCUT2D eigenvalue weighted by atomic mass is 35.5. The van der Waals surface area contributed by atoms with Gasteiger partial charge < -0.3 is 20.0 Å². The number of hydrogen-bond acceptors (Lipinski definition) is 4. The van der Waals surface area contributed by atoms with Gasteiger partial charge in [0.25, 0.3) is 0 Å². The minimum absolute atomic E-state index is 0.211. The Morgan fingerprint density at radius 3 is 2.42 bits per heavy atom. The van der Waals surface area contributed by atoms with Gasteiger partial charge in [0.2, 0.25) is 0 Å². The van der Waals surface area contributed by atoms with Crippen LogP contribution in [0, 0.1) is 0 Å². The second-order valence-corrected chi connectivity index (χ2v) is 9.69. The predicted molar refractivity (Wildman–Crippen MR) is 133 cm³/mol. The Labute approximate surface area is 195 Å². The molecule has 2 aliphatic rings. The first-order chi connectivity index (χ1) is 14.9. The van der Waals surface area contributed by atoms with E-state index < -0.39 is 0 Å². The Bertz CT molecular complexity index is 936. The molecule has 0 aliphatic carbocycles. The predicted octanol–water partition coefficient (Wildman–Crippen LogP) is 4.85. The number of anilines is 2. The zero-order valence-corrected chi connectivity index (χ0v) is 20.0. The molecule has 4 rings (SSSR count). The van der Waals surface area contributed by atoms with Gasteiger partial charge in [0.15, 0.2) is 0 Å². The van der Waals surface area contributed by atoms with Gasteiger partial charge in [-0.3, -0.25) is 4.99 Å². The number of nitrogens with one attached hydrogen (secondary N) is 1. The third-order valence-electron chi connectivity index (χ3n) is 6.25. The van der Waals surface area contributed by atoms with Crippen molar-refractivity contribution in [2.24, 2.45) is 4.99 Å². The average Bonchev–Trinajstić information content (AvgIpc) is 2.75. The molecule has 7 heteroatoms. The molecule has 0 unspecified atom stereocenters. The first kappa shape index (κ1) is 22.4. The maximum Gasteiger partial charge on any atom is 0.130 e.